The van der Waals surface area contributed by atoms with Crippen LogP contribution in [-0.4, -0.2) is 29.3 Å². The van der Waals surface area contributed by atoms with E-state index in [2.05, 4.69) is 5.32 Å². The lowest BCUT2D eigenvalue weighted by molar-refractivity contribution is -0.137. The molecule has 1 aromatic rings. The van der Waals surface area contributed by atoms with Gasteiger partial charge in [0.15, 0.2) is 0 Å². The van der Waals surface area contributed by atoms with Crippen LogP contribution < -0.4 is 5.32 Å². The maximum atomic E-state index is 12.3. The number of hydrogen-bond acceptors (Lipinski definition) is 2. The van der Waals surface area contributed by atoms with Crippen LogP contribution >= 0.6 is 0 Å². The average molecular weight is 258 g/mol. The maximum Gasteiger partial charge on any atom is 0.247 e. The highest BCUT2D eigenvalue weighted by Crippen LogP contribution is 2.33. The Labute approximate surface area is 112 Å². The smallest absolute Gasteiger partial charge is 0.247 e. The molecule has 1 N–H and O–H groups in total. The molecule has 2 amide bonds. The zero-order chi connectivity index (χ0) is 13.2. The fourth-order valence-electron chi connectivity index (χ4n) is 2.61. The summed E-state index contributed by atoms with van der Waals surface area (Å²) < 4.78 is 0. The van der Waals surface area contributed by atoms with E-state index in [1.54, 1.807) is 4.90 Å². The van der Waals surface area contributed by atoms with Crippen molar-refractivity contribution in [3.63, 3.8) is 0 Å². The predicted octanol–water partition coefficient (Wildman–Crippen LogP) is 2.03. The lowest BCUT2D eigenvalue weighted by Crippen LogP contribution is -2.43. The van der Waals surface area contributed by atoms with Gasteiger partial charge in [0.2, 0.25) is 11.8 Å². The fourth-order valence-corrected chi connectivity index (χ4v) is 2.61. The molecule has 19 heavy (non-hydrogen) atoms. The van der Waals surface area contributed by atoms with Crippen LogP contribution in [0.15, 0.2) is 30.3 Å². The molecule has 1 saturated carbocycles. The predicted molar refractivity (Wildman–Crippen MR) is 72.5 cm³/mol. The number of carbonyl (C=O) groups is 2. The minimum Gasteiger partial charge on any atom is -0.330 e. The Morgan fingerprint density at radius 1 is 1.11 bits per heavy atom. The molecule has 4 nitrogen and oxygen atoms in total. The van der Waals surface area contributed by atoms with Gasteiger partial charge in [-0.05, 0) is 37.8 Å². The van der Waals surface area contributed by atoms with Crippen LogP contribution in [-0.2, 0) is 9.59 Å². The van der Waals surface area contributed by atoms with Crippen LogP contribution in [0.3, 0.4) is 0 Å². The van der Waals surface area contributed by atoms with Crippen molar-refractivity contribution in [3.05, 3.63) is 30.3 Å². The van der Waals surface area contributed by atoms with Crippen LogP contribution in [0.2, 0.25) is 0 Å². The molecule has 1 heterocycles. The number of rotatable bonds is 3. The van der Waals surface area contributed by atoms with Crippen LogP contribution in [0, 0.1) is 5.92 Å². The third kappa shape index (κ3) is 2.62. The Hall–Kier alpha value is -1.84. The molecule has 3 rings (SSSR count). The van der Waals surface area contributed by atoms with E-state index < -0.39 is 0 Å². The van der Waals surface area contributed by atoms with Crippen LogP contribution in [0.4, 0.5) is 5.69 Å². The summed E-state index contributed by atoms with van der Waals surface area (Å²) in [5.41, 5.74) is 0.790. The summed E-state index contributed by atoms with van der Waals surface area (Å²) in [5, 5.41) is 2.90. The SMILES string of the molecule is O=C(Nc1ccccc1)C1CCCN1C(=O)C1CC1. The summed E-state index contributed by atoms with van der Waals surface area (Å²) in [7, 11) is 0. The number of likely N-dealkylation sites (tertiary alicyclic amines) is 1. The zero-order valence-corrected chi connectivity index (χ0v) is 10.8. The third-order valence-corrected chi connectivity index (χ3v) is 3.81. The molecular formula is C15H18N2O2. The quantitative estimate of drug-likeness (QED) is 0.901. The normalized spacial score (nSPS) is 22.3. The van der Waals surface area contributed by atoms with Crippen molar-refractivity contribution in [2.45, 2.75) is 31.7 Å². The first-order valence-corrected chi connectivity index (χ1v) is 6.92. The molecule has 1 aliphatic heterocycles. The lowest BCUT2D eigenvalue weighted by atomic mass is 10.2. The van der Waals surface area contributed by atoms with Crippen molar-refractivity contribution in [2.75, 3.05) is 11.9 Å². The van der Waals surface area contributed by atoms with Crippen molar-refractivity contribution >= 4 is 17.5 Å². The van der Waals surface area contributed by atoms with E-state index in [4.69, 9.17) is 0 Å². The Kier molecular flexibility index (Phi) is 3.23. The highest BCUT2D eigenvalue weighted by atomic mass is 16.2. The van der Waals surface area contributed by atoms with E-state index in [1.165, 1.54) is 0 Å². The minimum absolute atomic E-state index is 0.0577. The zero-order valence-electron chi connectivity index (χ0n) is 10.8. The van der Waals surface area contributed by atoms with E-state index in [-0.39, 0.29) is 23.8 Å². The first-order chi connectivity index (χ1) is 9.25. The number of amides is 2. The lowest BCUT2D eigenvalue weighted by Gasteiger charge is -2.24. The monoisotopic (exact) mass is 258 g/mol. The molecule has 1 atom stereocenters. The molecule has 4 heteroatoms. The average Bonchev–Trinajstić information content (AvgIpc) is 3.16. The highest BCUT2D eigenvalue weighted by molar-refractivity contribution is 5.98. The van der Waals surface area contributed by atoms with Gasteiger partial charge in [-0.15, -0.1) is 0 Å². The summed E-state index contributed by atoms with van der Waals surface area (Å²) in [6.45, 7) is 0.724. The molecule has 2 aliphatic rings. The number of carbonyl (C=O) groups excluding carboxylic acids is 2. The summed E-state index contributed by atoms with van der Waals surface area (Å²) in [4.78, 5) is 26.2. The van der Waals surface area contributed by atoms with Gasteiger partial charge in [-0.3, -0.25) is 9.59 Å². The maximum absolute atomic E-state index is 12.3. The first-order valence-electron chi connectivity index (χ1n) is 6.92. The molecular weight excluding hydrogens is 240 g/mol. The van der Waals surface area contributed by atoms with Gasteiger partial charge in [-0.1, -0.05) is 18.2 Å². The van der Waals surface area contributed by atoms with Crippen LogP contribution in [0.5, 0.6) is 0 Å². The Morgan fingerprint density at radius 3 is 2.53 bits per heavy atom. The molecule has 1 saturated heterocycles. The van der Waals surface area contributed by atoms with E-state index in [9.17, 15) is 9.59 Å². The van der Waals surface area contributed by atoms with Gasteiger partial charge in [0, 0.05) is 18.2 Å². The molecule has 0 radical (unpaired) electrons. The van der Waals surface area contributed by atoms with Gasteiger partial charge in [0.1, 0.15) is 6.04 Å². The van der Waals surface area contributed by atoms with Gasteiger partial charge < -0.3 is 10.2 Å². The first kappa shape index (κ1) is 12.2. The number of benzene rings is 1. The molecule has 1 unspecified atom stereocenters. The van der Waals surface area contributed by atoms with Crippen molar-refractivity contribution in [2.24, 2.45) is 5.92 Å². The Morgan fingerprint density at radius 2 is 1.84 bits per heavy atom. The van der Waals surface area contributed by atoms with Gasteiger partial charge in [0.25, 0.3) is 0 Å². The Balaban J connectivity index is 1.66. The minimum atomic E-state index is -0.284. The number of nitrogens with zero attached hydrogens (tertiary/aromatic N) is 1. The van der Waals surface area contributed by atoms with E-state index in [1.807, 2.05) is 30.3 Å². The van der Waals surface area contributed by atoms with Crippen LogP contribution in [0.25, 0.3) is 0 Å². The third-order valence-electron chi connectivity index (χ3n) is 3.81. The molecule has 100 valence electrons. The molecule has 1 aliphatic carbocycles. The van der Waals surface area contributed by atoms with Gasteiger partial charge in [-0.25, -0.2) is 0 Å². The number of nitrogens with one attached hydrogen (secondary N) is 1. The van der Waals surface area contributed by atoms with Gasteiger partial charge >= 0.3 is 0 Å². The van der Waals surface area contributed by atoms with E-state index >= 15 is 0 Å². The fraction of sp³-hybridized carbons (Fsp3) is 0.467. The second kappa shape index (κ2) is 5.03. The topological polar surface area (TPSA) is 49.4 Å². The number of para-hydroxylation sites is 1. The summed E-state index contributed by atoms with van der Waals surface area (Å²) in [5.74, 6) is 0.300. The van der Waals surface area contributed by atoms with Gasteiger partial charge in [0.05, 0.1) is 0 Å². The molecule has 0 aromatic heterocycles. The number of anilines is 1. The van der Waals surface area contributed by atoms with Crippen molar-refractivity contribution in [1.29, 1.82) is 0 Å². The standard InChI is InChI=1S/C15H18N2O2/c18-14(16-12-5-2-1-3-6-12)13-7-4-10-17(13)15(19)11-8-9-11/h1-3,5-6,11,13H,4,7-10H2,(H,16,18). The molecule has 2 fully saturated rings. The largest absolute Gasteiger partial charge is 0.330 e. The van der Waals surface area contributed by atoms with E-state index in [0.29, 0.717) is 0 Å². The van der Waals surface area contributed by atoms with Crippen LogP contribution in [0.1, 0.15) is 25.7 Å². The molecule has 0 bridgehead atoms. The van der Waals surface area contributed by atoms with E-state index in [0.717, 1.165) is 37.9 Å². The summed E-state index contributed by atoms with van der Waals surface area (Å²) in [6.07, 6.45) is 3.67. The molecule has 0 spiro atoms. The van der Waals surface area contributed by atoms with Gasteiger partial charge in [-0.2, -0.15) is 0 Å². The van der Waals surface area contributed by atoms with Crippen molar-refractivity contribution in [3.8, 4) is 0 Å². The molecule has 1 aromatic carbocycles. The highest BCUT2D eigenvalue weighted by Gasteiger charge is 2.40. The number of hydrogen-bond donors (Lipinski definition) is 1. The Bertz CT molecular complexity index is 482. The summed E-state index contributed by atoms with van der Waals surface area (Å²) >= 11 is 0. The second-order valence-electron chi connectivity index (χ2n) is 5.32. The van der Waals surface area contributed by atoms with Crippen molar-refractivity contribution < 1.29 is 9.59 Å². The second-order valence-corrected chi connectivity index (χ2v) is 5.32. The van der Waals surface area contributed by atoms with Crippen molar-refractivity contribution in [1.82, 2.24) is 4.90 Å². The summed E-state index contributed by atoms with van der Waals surface area (Å²) in [6, 6.07) is 9.12.